The predicted molar refractivity (Wildman–Crippen MR) is 79.1 cm³/mol. The van der Waals surface area contributed by atoms with Crippen molar-refractivity contribution in [2.45, 2.75) is 19.4 Å². The average molecular weight is 286 g/mol. The van der Waals surface area contributed by atoms with Crippen molar-refractivity contribution >= 4 is 23.4 Å². The van der Waals surface area contributed by atoms with Gasteiger partial charge in [0.25, 0.3) is 0 Å². The number of carbonyl (C=O) groups is 1. The Morgan fingerprint density at radius 3 is 2.90 bits per heavy atom. The minimum absolute atomic E-state index is 0.236. The van der Waals surface area contributed by atoms with Gasteiger partial charge in [-0.2, -0.15) is 0 Å². The molecule has 0 saturated heterocycles. The van der Waals surface area contributed by atoms with E-state index in [0.29, 0.717) is 12.0 Å². The number of ether oxygens (including phenoxy) is 1. The van der Waals surface area contributed by atoms with E-state index < -0.39 is 5.97 Å². The van der Waals surface area contributed by atoms with Crippen molar-refractivity contribution in [3.63, 3.8) is 0 Å². The molecule has 0 aliphatic carbocycles. The first-order valence-electron chi connectivity index (χ1n) is 6.38. The van der Waals surface area contributed by atoms with Crippen LogP contribution >= 0.6 is 11.3 Å². The van der Waals surface area contributed by atoms with Gasteiger partial charge in [-0.3, -0.25) is 0 Å². The molecular weight excluding hydrogens is 272 g/mol. The van der Waals surface area contributed by atoms with Crippen LogP contribution in [0.5, 0.6) is 5.75 Å². The Morgan fingerprint density at radius 1 is 1.40 bits per heavy atom. The quantitative estimate of drug-likeness (QED) is 0.906. The van der Waals surface area contributed by atoms with E-state index in [4.69, 9.17) is 4.74 Å². The van der Waals surface area contributed by atoms with Crippen LogP contribution in [0.1, 0.15) is 28.5 Å². The molecular formula is C16H14O3S. The summed E-state index contributed by atoms with van der Waals surface area (Å²) in [7, 11) is 0. The number of hydrogen-bond donors (Lipinski definition) is 1. The summed E-state index contributed by atoms with van der Waals surface area (Å²) >= 11 is 1.61. The molecule has 20 heavy (non-hydrogen) atoms. The molecule has 1 atom stereocenters. The number of fused-ring (bicyclic) bond motifs is 1. The van der Waals surface area contributed by atoms with Crippen molar-refractivity contribution in [2.24, 2.45) is 0 Å². The Bertz CT molecular complexity index is 685. The lowest BCUT2D eigenvalue weighted by molar-refractivity contribution is -0.132. The van der Waals surface area contributed by atoms with Crippen molar-refractivity contribution < 1.29 is 14.6 Å². The third-order valence-electron chi connectivity index (χ3n) is 3.27. The van der Waals surface area contributed by atoms with E-state index in [1.54, 1.807) is 17.4 Å². The molecule has 1 aliphatic heterocycles. The van der Waals surface area contributed by atoms with Crippen LogP contribution in [0.3, 0.4) is 0 Å². The van der Waals surface area contributed by atoms with Gasteiger partial charge in [0.05, 0.1) is 0 Å². The summed E-state index contributed by atoms with van der Waals surface area (Å²) in [5, 5.41) is 11.4. The van der Waals surface area contributed by atoms with Crippen molar-refractivity contribution in [1.29, 1.82) is 0 Å². The highest BCUT2D eigenvalue weighted by Gasteiger charge is 2.24. The first kappa shape index (κ1) is 12.9. The Morgan fingerprint density at radius 2 is 2.20 bits per heavy atom. The topological polar surface area (TPSA) is 46.5 Å². The summed E-state index contributed by atoms with van der Waals surface area (Å²) in [6.45, 7) is 2.03. The van der Waals surface area contributed by atoms with Crippen LogP contribution in [0, 0.1) is 6.92 Å². The first-order valence-corrected chi connectivity index (χ1v) is 7.26. The molecule has 0 fully saturated rings. The predicted octanol–water partition coefficient (Wildman–Crippen LogP) is 4.05. The van der Waals surface area contributed by atoms with Gasteiger partial charge in [0, 0.05) is 22.4 Å². The molecule has 0 spiro atoms. The zero-order chi connectivity index (χ0) is 14.1. The Kier molecular flexibility index (Phi) is 3.32. The van der Waals surface area contributed by atoms with Crippen LogP contribution in [0.4, 0.5) is 0 Å². The summed E-state index contributed by atoms with van der Waals surface area (Å²) in [5.41, 5.74) is 2.37. The van der Waals surface area contributed by atoms with Crippen molar-refractivity contribution in [3.05, 3.63) is 57.3 Å². The molecule has 4 heteroatoms. The van der Waals surface area contributed by atoms with Crippen LogP contribution in [0.25, 0.3) is 6.08 Å². The third-order valence-corrected chi connectivity index (χ3v) is 4.41. The standard InChI is InChI=1S/C16H14O3S/c1-10-6-15(20-9-10)14-8-12(16(17)18)7-11-4-2-3-5-13(11)19-14/h2-7,9,14H,8H2,1H3,(H,17,18). The summed E-state index contributed by atoms with van der Waals surface area (Å²) < 4.78 is 6.03. The summed E-state index contributed by atoms with van der Waals surface area (Å²) in [6.07, 6.45) is 1.85. The molecule has 1 unspecified atom stereocenters. The fourth-order valence-corrected chi connectivity index (χ4v) is 3.21. The van der Waals surface area contributed by atoms with Crippen LogP contribution < -0.4 is 4.74 Å². The van der Waals surface area contributed by atoms with Crippen molar-refractivity contribution in [1.82, 2.24) is 0 Å². The average Bonchev–Trinajstić information content (AvgIpc) is 2.75. The maximum Gasteiger partial charge on any atom is 0.331 e. The molecule has 0 saturated carbocycles. The van der Waals surface area contributed by atoms with E-state index in [1.165, 1.54) is 5.56 Å². The van der Waals surface area contributed by atoms with E-state index in [-0.39, 0.29) is 6.10 Å². The summed E-state index contributed by atoms with van der Waals surface area (Å²) in [4.78, 5) is 12.4. The fraction of sp³-hybridized carbons (Fsp3) is 0.188. The number of hydrogen-bond acceptors (Lipinski definition) is 3. The second-order valence-electron chi connectivity index (χ2n) is 4.85. The van der Waals surface area contributed by atoms with Crippen LogP contribution in [0.2, 0.25) is 0 Å². The third kappa shape index (κ3) is 2.47. The highest BCUT2D eigenvalue weighted by atomic mass is 32.1. The number of aliphatic carboxylic acids is 1. The van der Waals surface area contributed by atoms with Crippen LogP contribution in [0.15, 0.2) is 41.3 Å². The molecule has 3 nitrogen and oxygen atoms in total. The number of para-hydroxylation sites is 1. The molecule has 0 bridgehead atoms. The number of carboxylic acid groups (broad SMARTS) is 1. The molecule has 2 heterocycles. The summed E-state index contributed by atoms with van der Waals surface area (Å²) in [6, 6.07) is 9.59. The number of rotatable bonds is 2. The number of thiophene rings is 1. The molecule has 3 rings (SSSR count). The van der Waals surface area contributed by atoms with Gasteiger partial charge in [-0.1, -0.05) is 18.2 Å². The Labute approximate surface area is 121 Å². The van der Waals surface area contributed by atoms with Gasteiger partial charge in [-0.05, 0) is 36.1 Å². The van der Waals surface area contributed by atoms with Crippen LogP contribution in [-0.2, 0) is 4.79 Å². The highest BCUT2D eigenvalue weighted by Crippen LogP contribution is 2.37. The molecule has 0 radical (unpaired) electrons. The lowest BCUT2D eigenvalue weighted by atomic mass is 10.1. The van der Waals surface area contributed by atoms with Gasteiger partial charge in [-0.25, -0.2) is 4.79 Å². The van der Waals surface area contributed by atoms with Gasteiger partial charge < -0.3 is 9.84 Å². The maximum atomic E-state index is 11.4. The molecule has 102 valence electrons. The van der Waals surface area contributed by atoms with E-state index in [2.05, 4.69) is 11.4 Å². The Balaban J connectivity index is 2.04. The second-order valence-corrected chi connectivity index (χ2v) is 5.79. The highest BCUT2D eigenvalue weighted by molar-refractivity contribution is 7.10. The van der Waals surface area contributed by atoms with Crippen molar-refractivity contribution in [2.75, 3.05) is 0 Å². The first-order chi connectivity index (χ1) is 9.63. The molecule has 1 aromatic carbocycles. The second kappa shape index (κ2) is 5.13. The molecule has 1 N–H and O–H groups in total. The SMILES string of the molecule is Cc1csc(C2CC(C(=O)O)=Cc3ccccc3O2)c1. The minimum Gasteiger partial charge on any atom is -0.484 e. The molecule has 1 aromatic heterocycles. The maximum absolute atomic E-state index is 11.4. The molecule has 0 amide bonds. The molecule has 1 aliphatic rings. The van der Waals surface area contributed by atoms with Crippen molar-refractivity contribution in [3.8, 4) is 5.75 Å². The zero-order valence-corrected chi connectivity index (χ0v) is 11.8. The largest absolute Gasteiger partial charge is 0.484 e. The molecule has 2 aromatic rings. The monoisotopic (exact) mass is 286 g/mol. The minimum atomic E-state index is -0.886. The van der Waals surface area contributed by atoms with E-state index in [1.807, 2.05) is 31.2 Å². The van der Waals surface area contributed by atoms with Gasteiger partial charge in [0.1, 0.15) is 11.9 Å². The number of carboxylic acids is 1. The van der Waals surface area contributed by atoms with E-state index in [0.717, 1.165) is 16.2 Å². The van der Waals surface area contributed by atoms with Gasteiger partial charge in [0.15, 0.2) is 0 Å². The number of aryl methyl sites for hydroxylation is 1. The van der Waals surface area contributed by atoms with Gasteiger partial charge in [-0.15, -0.1) is 11.3 Å². The normalized spacial score (nSPS) is 17.6. The Hall–Kier alpha value is -2.07. The lowest BCUT2D eigenvalue weighted by Gasteiger charge is -2.16. The fourth-order valence-electron chi connectivity index (χ4n) is 2.28. The smallest absolute Gasteiger partial charge is 0.331 e. The van der Waals surface area contributed by atoms with E-state index in [9.17, 15) is 9.90 Å². The zero-order valence-electron chi connectivity index (χ0n) is 11.0. The van der Waals surface area contributed by atoms with Gasteiger partial charge >= 0.3 is 5.97 Å². The van der Waals surface area contributed by atoms with E-state index >= 15 is 0 Å². The van der Waals surface area contributed by atoms with Crippen LogP contribution in [-0.4, -0.2) is 11.1 Å². The summed E-state index contributed by atoms with van der Waals surface area (Å²) in [5.74, 6) is -0.150. The number of benzene rings is 1. The lowest BCUT2D eigenvalue weighted by Crippen LogP contribution is -2.09. The van der Waals surface area contributed by atoms with Gasteiger partial charge in [0.2, 0.25) is 0 Å².